The number of carboxylic acids is 1. The first kappa shape index (κ1) is 16.0. The predicted molar refractivity (Wildman–Crippen MR) is 83.9 cm³/mol. The molecule has 0 radical (unpaired) electrons. The molecule has 0 saturated carbocycles. The first-order chi connectivity index (χ1) is 9.65. The Balaban J connectivity index is 2.17. The molecule has 116 valence electrons. The number of thiophene rings is 1. The van der Waals surface area contributed by atoms with E-state index in [2.05, 4.69) is 5.32 Å². The molecule has 0 spiro atoms. The smallest absolute Gasteiger partial charge is 0.311 e. The number of nitrogens with one attached hydrogen (secondary N) is 1. The number of aryl methyl sites for hydroxylation is 2. The second-order valence-electron chi connectivity index (χ2n) is 6.78. The van der Waals surface area contributed by atoms with Gasteiger partial charge in [-0.15, -0.1) is 11.3 Å². The van der Waals surface area contributed by atoms with Crippen LogP contribution in [0.1, 0.15) is 60.6 Å². The second kappa shape index (κ2) is 5.44. The van der Waals surface area contributed by atoms with Gasteiger partial charge in [0.05, 0.1) is 15.8 Å². The van der Waals surface area contributed by atoms with Crippen LogP contribution in [0.5, 0.6) is 0 Å². The largest absolute Gasteiger partial charge is 0.481 e. The molecular weight excluding hydrogens is 286 g/mol. The molecule has 0 bridgehead atoms. The Morgan fingerprint density at radius 3 is 2.38 bits per heavy atom. The van der Waals surface area contributed by atoms with Crippen LogP contribution in [0, 0.1) is 5.41 Å². The maximum Gasteiger partial charge on any atom is 0.311 e. The van der Waals surface area contributed by atoms with Gasteiger partial charge < -0.3 is 10.4 Å². The molecule has 5 heteroatoms. The summed E-state index contributed by atoms with van der Waals surface area (Å²) in [6, 6.07) is 1.97. The molecule has 1 aromatic heterocycles. The van der Waals surface area contributed by atoms with Crippen LogP contribution in [0.2, 0.25) is 0 Å². The van der Waals surface area contributed by atoms with Gasteiger partial charge >= 0.3 is 5.97 Å². The highest BCUT2D eigenvalue weighted by Gasteiger charge is 2.44. The summed E-state index contributed by atoms with van der Waals surface area (Å²) in [4.78, 5) is 25.8. The van der Waals surface area contributed by atoms with Crippen LogP contribution in [0.3, 0.4) is 0 Å². The standard InChI is InChI=1S/C16H23NO3S/c1-15(2,14(19)20)16(3,4)17-13(18)12-9-10-7-5-6-8-11(10)21-12/h9H,5-8H2,1-4H3,(H,17,18)(H,19,20). The van der Waals surface area contributed by atoms with Gasteiger partial charge in [0.2, 0.25) is 0 Å². The maximum absolute atomic E-state index is 12.5. The minimum absolute atomic E-state index is 0.172. The van der Waals surface area contributed by atoms with Crippen LogP contribution >= 0.6 is 11.3 Å². The first-order valence-corrected chi connectivity index (χ1v) is 8.14. The number of carbonyl (C=O) groups excluding carboxylic acids is 1. The summed E-state index contributed by atoms with van der Waals surface area (Å²) >= 11 is 1.54. The summed E-state index contributed by atoms with van der Waals surface area (Å²) in [5.74, 6) is -1.09. The van der Waals surface area contributed by atoms with Crippen molar-refractivity contribution in [2.75, 3.05) is 0 Å². The second-order valence-corrected chi connectivity index (χ2v) is 7.91. The third-order valence-corrected chi connectivity index (χ3v) is 5.98. The summed E-state index contributed by atoms with van der Waals surface area (Å²) < 4.78 is 0. The average molecular weight is 309 g/mol. The molecule has 21 heavy (non-hydrogen) atoms. The van der Waals surface area contributed by atoms with Crippen molar-refractivity contribution < 1.29 is 14.7 Å². The van der Waals surface area contributed by atoms with Crippen molar-refractivity contribution in [3.8, 4) is 0 Å². The summed E-state index contributed by atoms with van der Waals surface area (Å²) in [7, 11) is 0. The highest BCUT2D eigenvalue weighted by Crippen LogP contribution is 2.33. The van der Waals surface area contributed by atoms with E-state index in [0.29, 0.717) is 4.88 Å². The molecule has 1 heterocycles. The molecule has 2 rings (SSSR count). The van der Waals surface area contributed by atoms with Crippen molar-refractivity contribution in [1.29, 1.82) is 0 Å². The molecule has 1 amide bonds. The molecule has 0 saturated heterocycles. The van der Waals surface area contributed by atoms with Crippen LogP contribution < -0.4 is 5.32 Å². The Labute approximate surface area is 129 Å². The highest BCUT2D eigenvalue weighted by molar-refractivity contribution is 7.14. The minimum atomic E-state index is -1.04. The Kier molecular flexibility index (Phi) is 4.15. The zero-order valence-electron chi connectivity index (χ0n) is 13.1. The fraction of sp³-hybridized carbons (Fsp3) is 0.625. The normalized spacial score (nSPS) is 15.4. The number of rotatable bonds is 4. The molecule has 4 nitrogen and oxygen atoms in total. The lowest BCUT2D eigenvalue weighted by atomic mass is 9.74. The molecule has 0 atom stereocenters. The molecule has 1 aliphatic rings. The van der Waals surface area contributed by atoms with Crippen molar-refractivity contribution in [3.05, 3.63) is 21.4 Å². The number of hydrogen-bond donors (Lipinski definition) is 2. The third-order valence-electron chi connectivity index (χ3n) is 4.74. The van der Waals surface area contributed by atoms with Crippen LogP contribution in [-0.2, 0) is 17.6 Å². The Morgan fingerprint density at radius 1 is 1.19 bits per heavy atom. The number of aliphatic carboxylic acids is 1. The van der Waals surface area contributed by atoms with Crippen molar-refractivity contribution in [2.24, 2.45) is 5.41 Å². The van der Waals surface area contributed by atoms with E-state index in [0.717, 1.165) is 12.8 Å². The summed E-state index contributed by atoms with van der Waals surface area (Å²) in [5.41, 5.74) is -0.591. The van der Waals surface area contributed by atoms with E-state index in [1.807, 2.05) is 6.07 Å². The van der Waals surface area contributed by atoms with Crippen LogP contribution in [-0.4, -0.2) is 22.5 Å². The minimum Gasteiger partial charge on any atom is -0.481 e. The van der Waals surface area contributed by atoms with Gasteiger partial charge in [0.15, 0.2) is 0 Å². The van der Waals surface area contributed by atoms with Gasteiger partial charge in [-0.25, -0.2) is 0 Å². The highest BCUT2D eigenvalue weighted by atomic mass is 32.1. The molecule has 0 aliphatic heterocycles. The zero-order valence-corrected chi connectivity index (χ0v) is 13.9. The van der Waals surface area contributed by atoms with Crippen molar-refractivity contribution in [3.63, 3.8) is 0 Å². The van der Waals surface area contributed by atoms with Gasteiger partial charge in [-0.1, -0.05) is 0 Å². The SMILES string of the molecule is CC(C)(NC(=O)c1cc2c(s1)CCCC2)C(C)(C)C(=O)O. The quantitative estimate of drug-likeness (QED) is 0.897. The molecule has 1 aliphatic carbocycles. The Bertz CT molecular complexity index is 549. The zero-order chi connectivity index (χ0) is 15.8. The Hall–Kier alpha value is -1.36. The van der Waals surface area contributed by atoms with E-state index >= 15 is 0 Å². The molecule has 0 unspecified atom stereocenters. The monoisotopic (exact) mass is 309 g/mol. The number of amides is 1. The fourth-order valence-electron chi connectivity index (χ4n) is 2.37. The maximum atomic E-state index is 12.5. The van der Waals surface area contributed by atoms with Crippen LogP contribution in [0.25, 0.3) is 0 Å². The van der Waals surface area contributed by atoms with Crippen molar-refractivity contribution in [2.45, 2.75) is 58.9 Å². The van der Waals surface area contributed by atoms with E-state index in [1.54, 1.807) is 39.0 Å². The van der Waals surface area contributed by atoms with Crippen LogP contribution in [0.15, 0.2) is 6.07 Å². The fourth-order valence-corrected chi connectivity index (χ4v) is 3.52. The van der Waals surface area contributed by atoms with Gasteiger partial charge in [-0.3, -0.25) is 9.59 Å². The average Bonchev–Trinajstić information content (AvgIpc) is 2.81. The summed E-state index contributed by atoms with van der Waals surface area (Å²) in [5, 5.41) is 12.2. The van der Waals surface area contributed by atoms with E-state index in [9.17, 15) is 14.7 Å². The van der Waals surface area contributed by atoms with Crippen molar-refractivity contribution >= 4 is 23.2 Å². The van der Waals surface area contributed by atoms with Gasteiger partial charge in [-0.2, -0.15) is 0 Å². The molecule has 0 fully saturated rings. The Morgan fingerprint density at radius 2 is 1.81 bits per heavy atom. The summed E-state index contributed by atoms with van der Waals surface area (Å²) in [6.45, 7) is 6.78. The van der Waals surface area contributed by atoms with E-state index in [1.165, 1.54) is 23.3 Å². The first-order valence-electron chi connectivity index (χ1n) is 7.32. The van der Waals surface area contributed by atoms with Gasteiger partial charge in [-0.05, 0) is 65.0 Å². The number of hydrogen-bond acceptors (Lipinski definition) is 3. The number of carbonyl (C=O) groups is 2. The van der Waals surface area contributed by atoms with E-state index in [4.69, 9.17) is 0 Å². The molecular formula is C16H23NO3S. The van der Waals surface area contributed by atoms with E-state index in [-0.39, 0.29) is 5.91 Å². The van der Waals surface area contributed by atoms with Gasteiger partial charge in [0.1, 0.15) is 0 Å². The number of fused-ring (bicyclic) bond motifs is 1. The molecule has 1 aromatic rings. The third kappa shape index (κ3) is 2.98. The van der Waals surface area contributed by atoms with Gasteiger partial charge in [0, 0.05) is 4.88 Å². The van der Waals surface area contributed by atoms with E-state index < -0.39 is 16.9 Å². The molecule has 0 aromatic carbocycles. The predicted octanol–water partition coefficient (Wildman–Crippen LogP) is 3.25. The van der Waals surface area contributed by atoms with Crippen molar-refractivity contribution in [1.82, 2.24) is 5.32 Å². The lowest BCUT2D eigenvalue weighted by Gasteiger charge is -2.38. The topological polar surface area (TPSA) is 66.4 Å². The lowest BCUT2D eigenvalue weighted by molar-refractivity contribution is -0.150. The lowest BCUT2D eigenvalue weighted by Crippen LogP contribution is -2.56. The number of carboxylic acid groups (broad SMARTS) is 1. The van der Waals surface area contributed by atoms with Gasteiger partial charge in [0.25, 0.3) is 5.91 Å². The molecule has 2 N–H and O–H groups in total. The summed E-state index contributed by atoms with van der Waals surface area (Å²) in [6.07, 6.45) is 4.47. The van der Waals surface area contributed by atoms with Crippen LogP contribution in [0.4, 0.5) is 0 Å².